The van der Waals surface area contributed by atoms with Gasteiger partial charge in [0, 0.05) is 29.0 Å². The van der Waals surface area contributed by atoms with Crippen LogP contribution in [0.3, 0.4) is 0 Å². The fraction of sp³-hybridized carbons (Fsp3) is 0.0526. The van der Waals surface area contributed by atoms with Gasteiger partial charge in [0.05, 0.1) is 22.8 Å². The fourth-order valence-corrected chi connectivity index (χ4v) is 2.89. The van der Waals surface area contributed by atoms with Crippen LogP contribution in [0, 0.1) is 11.3 Å². The number of rotatable bonds is 2. The normalized spacial score (nSPS) is 16.1. The van der Waals surface area contributed by atoms with Crippen LogP contribution in [0.25, 0.3) is 10.9 Å². The third-order valence-electron chi connectivity index (χ3n) is 4.05. The number of nitrogens with one attached hydrogen (secondary N) is 1. The molecule has 1 aliphatic rings. The number of hydrogen-bond donors (Lipinski definition) is 1. The number of amides is 1. The van der Waals surface area contributed by atoms with Crippen molar-refractivity contribution in [1.82, 2.24) is 4.98 Å². The summed E-state index contributed by atoms with van der Waals surface area (Å²) in [7, 11) is 0. The molecule has 2 aromatic carbocycles. The lowest BCUT2D eigenvalue weighted by Crippen LogP contribution is -2.13. The predicted molar refractivity (Wildman–Crippen MR) is 92.4 cm³/mol. The molecule has 1 aliphatic heterocycles. The standard InChI is InChI=1S/C19H12N4O/c20-10-12-3-5-13(6-4-12)22-11-15-18-14-2-1-9-21-16(14)7-8-17(18)23-19(15)24/h1-9,11,15H,(H,23,24). The maximum absolute atomic E-state index is 12.3. The van der Waals surface area contributed by atoms with Gasteiger partial charge in [-0.25, -0.2) is 0 Å². The van der Waals surface area contributed by atoms with E-state index in [4.69, 9.17) is 5.26 Å². The second-order valence-electron chi connectivity index (χ2n) is 5.50. The third kappa shape index (κ3) is 2.31. The molecule has 1 N–H and O–H groups in total. The number of fused-ring (bicyclic) bond motifs is 3. The lowest BCUT2D eigenvalue weighted by atomic mass is 9.97. The maximum Gasteiger partial charge on any atom is 0.237 e. The predicted octanol–water partition coefficient (Wildman–Crippen LogP) is 3.54. The van der Waals surface area contributed by atoms with Crippen LogP contribution >= 0.6 is 0 Å². The first-order chi connectivity index (χ1) is 11.8. The van der Waals surface area contributed by atoms with Gasteiger partial charge in [-0.1, -0.05) is 6.07 Å². The summed E-state index contributed by atoms with van der Waals surface area (Å²) in [5.74, 6) is -0.553. The van der Waals surface area contributed by atoms with E-state index in [9.17, 15) is 4.79 Å². The summed E-state index contributed by atoms with van der Waals surface area (Å²) >= 11 is 0. The summed E-state index contributed by atoms with van der Waals surface area (Å²) in [5, 5.41) is 12.7. The van der Waals surface area contributed by atoms with E-state index in [0.29, 0.717) is 11.3 Å². The van der Waals surface area contributed by atoms with E-state index in [-0.39, 0.29) is 5.91 Å². The average molecular weight is 312 g/mol. The Balaban J connectivity index is 1.75. The van der Waals surface area contributed by atoms with Crippen LogP contribution in [-0.4, -0.2) is 17.1 Å². The van der Waals surface area contributed by atoms with Gasteiger partial charge in [0.2, 0.25) is 5.91 Å². The van der Waals surface area contributed by atoms with Crippen LogP contribution < -0.4 is 5.32 Å². The molecule has 0 aliphatic carbocycles. The van der Waals surface area contributed by atoms with Crippen molar-refractivity contribution in [3.63, 3.8) is 0 Å². The Morgan fingerprint density at radius 2 is 2.00 bits per heavy atom. The lowest BCUT2D eigenvalue weighted by molar-refractivity contribution is -0.115. The van der Waals surface area contributed by atoms with E-state index in [1.807, 2.05) is 24.3 Å². The highest BCUT2D eigenvalue weighted by Crippen LogP contribution is 2.37. The topological polar surface area (TPSA) is 78.1 Å². The van der Waals surface area contributed by atoms with Crippen LogP contribution in [0.15, 0.2) is 59.7 Å². The van der Waals surface area contributed by atoms with Gasteiger partial charge >= 0.3 is 0 Å². The number of carbonyl (C=O) groups is 1. The van der Waals surface area contributed by atoms with E-state index in [1.54, 1.807) is 36.7 Å². The van der Waals surface area contributed by atoms with Crippen molar-refractivity contribution in [2.24, 2.45) is 4.99 Å². The summed E-state index contributed by atoms with van der Waals surface area (Å²) in [6, 6.07) is 16.6. The van der Waals surface area contributed by atoms with Crippen molar-refractivity contribution < 1.29 is 4.79 Å². The Labute approximate surface area is 138 Å². The summed E-state index contributed by atoms with van der Waals surface area (Å²) < 4.78 is 0. The molecule has 24 heavy (non-hydrogen) atoms. The van der Waals surface area contributed by atoms with Gasteiger partial charge in [-0.15, -0.1) is 0 Å². The van der Waals surface area contributed by atoms with Crippen molar-refractivity contribution in [2.45, 2.75) is 5.92 Å². The minimum Gasteiger partial charge on any atom is -0.325 e. The number of aromatic nitrogens is 1. The highest BCUT2D eigenvalue weighted by atomic mass is 16.2. The fourth-order valence-electron chi connectivity index (χ4n) is 2.89. The Bertz CT molecular complexity index is 1020. The first-order valence-electron chi connectivity index (χ1n) is 7.49. The molecule has 1 unspecified atom stereocenters. The first kappa shape index (κ1) is 14.1. The number of hydrogen-bond acceptors (Lipinski definition) is 4. The quantitative estimate of drug-likeness (QED) is 0.735. The van der Waals surface area contributed by atoms with Gasteiger partial charge in [0.25, 0.3) is 0 Å². The number of nitriles is 1. The van der Waals surface area contributed by atoms with Crippen molar-refractivity contribution >= 4 is 34.4 Å². The molecule has 114 valence electrons. The first-order valence-corrected chi connectivity index (χ1v) is 7.49. The van der Waals surface area contributed by atoms with Gasteiger partial charge in [-0.05, 0) is 42.5 Å². The minimum atomic E-state index is -0.455. The van der Waals surface area contributed by atoms with E-state index >= 15 is 0 Å². The largest absolute Gasteiger partial charge is 0.325 e. The van der Waals surface area contributed by atoms with Crippen LogP contribution in [0.4, 0.5) is 11.4 Å². The number of benzene rings is 2. The zero-order valence-electron chi connectivity index (χ0n) is 12.6. The van der Waals surface area contributed by atoms with Gasteiger partial charge in [-0.3, -0.25) is 14.8 Å². The van der Waals surface area contributed by atoms with Gasteiger partial charge in [0.1, 0.15) is 5.92 Å². The summed E-state index contributed by atoms with van der Waals surface area (Å²) in [5.41, 5.74) is 3.84. The SMILES string of the molecule is N#Cc1ccc(N=CC2C(=O)Nc3ccc4ncccc4c32)cc1. The molecular formula is C19H12N4O. The Morgan fingerprint density at radius 1 is 1.17 bits per heavy atom. The Kier molecular flexibility index (Phi) is 3.29. The summed E-state index contributed by atoms with van der Waals surface area (Å²) in [6.45, 7) is 0. The molecule has 5 heteroatoms. The number of anilines is 1. The van der Waals surface area contributed by atoms with E-state index < -0.39 is 5.92 Å². The van der Waals surface area contributed by atoms with E-state index in [0.717, 1.165) is 22.2 Å². The zero-order valence-corrected chi connectivity index (χ0v) is 12.6. The van der Waals surface area contributed by atoms with Crippen molar-refractivity contribution in [2.75, 3.05) is 5.32 Å². The van der Waals surface area contributed by atoms with Crippen LogP contribution in [0.1, 0.15) is 17.0 Å². The molecule has 0 fully saturated rings. The Morgan fingerprint density at radius 3 is 2.79 bits per heavy atom. The second-order valence-corrected chi connectivity index (χ2v) is 5.50. The summed E-state index contributed by atoms with van der Waals surface area (Å²) in [6.07, 6.45) is 3.38. The smallest absolute Gasteiger partial charge is 0.237 e. The molecule has 1 amide bonds. The molecule has 1 atom stereocenters. The monoisotopic (exact) mass is 312 g/mol. The van der Waals surface area contributed by atoms with Gasteiger partial charge < -0.3 is 5.32 Å². The maximum atomic E-state index is 12.3. The number of aliphatic imine (C=N–C) groups is 1. The molecular weight excluding hydrogens is 300 g/mol. The zero-order chi connectivity index (χ0) is 16.5. The molecule has 0 spiro atoms. The third-order valence-corrected chi connectivity index (χ3v) is 4.05. The van der Waals surface area contributed by atoms with Crippen LogP contribution in [-0.2, 0) is 4.79 Å². The average Bonchev–Trinajstić information content (AvgIpc) is 2.96. The number of carbonyl (C=O) groups excluding carboxylic acids is 1. The van der Waals surface area contributed by atoms with Crippen LogP contribution in [0.5, 0.6) is 0 Å². The Hall–Kier alpha value is -3.52. The summed E-state index contributed by atoms with van der Waals surface area (Å²) in [4.78, 5) is 21.1. The molecule has 2 heterocycles. The van der Waals surface area contributed by atoms with E-state index in [2.05, 4.69) is 21.4 Å². The van der Waals surface area contributed by atoms with Gasteiger partial charge in [0.15, 0.2) is 0 Å². The van der Waals surface area contributed by atoms with Gasteiger partial charge in [-0.2, -0.15) is 5.26 Å². The van der Waals surface area contributed by atoms with Crippen LogP contribution in [0.2, 0.25) is 0 Å². The molecule has 0 saturated carbocycles. The minimum absolute atomic E-state index is 0.0984. The molecule has 4 rings (SSSR count). The van der Waals surface area contributed by atoms with Crippen molar-refractivity contribution in [3.05, 3.63) is 65.9 Å². The molecule has 3 aromatic rings. The van der Waals surface area contributed by atoms with E-state index in [1.165, 1.54) is 0 Å². The lowest BCUT2D eigenvalue weighted by Gasteiger charge is -2.06. The number of nitrogens with zero attached hydrogens (tertiary/aromatic N) is 3. The van der Waals surface area contributed by atoms with Crippen molar-refractivity contribution in [1.29, 1.82) is 5.26 Å². The highest BCUT2D eigenvalue weighted by molar-refractivity contribution is 6.16. The number of pyridine rings is 1. The molecule has 0 saturated heterocycles. The molecule has 5 nitrogen and oxygen atoms in total. The highest BCUT2D eigenvalue weighted by Gasteiger charge is 2.31. The molecule has 0 radical (unpaired) electrons. The van der Waals surface area contributed by atoms with Crippen molar-refractivity contribution in [3.8, 4) is 6.07 Å². The molecule has 1 aromatic heterocycles. The molecule has 0 bridgehead atoms. The second kappa shape index (κ2) is 5.60.